The Morgan fingerprint density at radius 1 is 0.548 bits per heavy atom. The normalized spacial score (nSPS) is 13.1. The molecule has 0 heterocycles. The van der Waals surface area contributed by atoms with Crippen molar-refractivity contribution >= 4 is 11.9 Å². The Kier molecular flexibility index (Phi) is 7.26. The smallest absolute Gasteiger partial charge is 0.315 e. The number of unbranched alkanes of at least 4 members (excludes halogenated alkanes) is 1. The molecular formula is C38H38O4. The van der Waals surface area contributed by atoms with Gasteiger partial charge < -0.3 is 9.47 Å². The SMILES string of the molecule is CC(C)(C(=O)OCCCCOC(=O)C(C)(C)c1cccc2c1Cc1ccccc1-2)c1cccc2c1Cc1ccccc1-2. The van der Waals surface area contributed by atoms with Crippen LogP contribution in [0.1, 0.15) is 73.9 Å². The highest BCUT2D eigenvalue weighted by Crippen LogP contribution is 2.43. The molecule has 0 saturated heterocycles. The number of fused-ring (bicyclic) bond motifs is 6. The average molecular weight is 559 g/mol. The molecule has 0 amide bonds. The van der Waals surface area contributed by atoms with E-state index < -0.39 is 10.8 Å². The predicted octanol–water partition coefficient (Wildman–Crippen LogP) is 7.95. The fourth-order valence-corrected chi connectivity index (χ4v) is 6.60. The molecular weight excluding hydrogens is 520 g/mol. The minimum absolute atomic E-state index is 0.232. The minimum Gasteiger partial charge on any atom is -0.465 e. The number of ether oxygens (including phenoxy) is 2. The first kappa shape index (κ1) is 28.0. The summed E-state index contributed by atoms with van der Waals surface area (Å²) in [5.74, 6) is -0.465. The highest BCUT2D eigenvalue weighted by molar-refractivity contribution is 5.87. The highest BCUT2D eigenvalue weighted by Gasteiger charge is 2.37. The minimum atomic E-state index is -0.764. The zero-order valence-electron chi connectivity index (χ0n) is 25.0. The van der Waals surface area contributed by atoms with Crippen molar-refractivity contribution in [3.63, 3.8) is 0 Å². The van der Waals surface area contributed by atoms with Gasteiger partial charge in [-0.2, -0.15) is 0 Å². The molecule has 6 rings (SSSR count). The monoisotopic (exact) mass is 558 g/mol. The predicted molar refractivity (Wildman–Crippen MR) is 167 cm³/mol. The molecule has 4 heteroatoms. The Hall–Kier alpha value is -4.18. The Morgan fingerprint density at radius 2 is 0.929 bits per heavy atom. The summed E-state index contributed by atoms with van der Waals surface area (Å²) in [5.41, 5.74) is 10.4. The van der Waals surface area contributed by atoms with Crippen molar-refractivity contribution in [3.05, 3.63) is 118 Å². The standard InChI is InChI=1S/C38H38O4/c1-37(2,33-19-11-17-29-27-15-7-5-13-25(27)23-31(29)33)35(39)41-21-9-10-22-42-36(40)38(3,4)34-20-12-18-30-28-16-8-6-14-26(28)24-32(30)34/h5-8,11-20H,9-10,21-24H2,1-4H3. The summed E-state index contributed by atoms with van der Waals surface area (Å²) in [7, 11) is 0. The molecule has 4 nitrogen and oxygen atoms in total. The van der Waals surface area contributed by atoms with Crippen LogP contribution in [0.4, 0.5) is 0 Å². The maximum atomic E-state index is 13.2. The van der Waals surface area contributed by atoms with Crippen LogP contribution >= 0.6 is 0 Å². The van der Waals surface area contributed by atoms with Gasteiger partial charge in [0, 0.05) is 0 Å². The fraction of sp³-hybridized carbons (Fsp3) is 0.316. The first-order valence-electron chi connectivity index (χ1n) is 15.0. The van der Waals surface area contributed by atoms with Crippen LogP contribution in [0.15, 0.2) is 84.9 Å². The molecule has 0 aromatic heterocycles. The third-order valence-electron chi connectivity index (χ3n) is 9.07. The van der Waals surface area contributed by atoms with Gasteiger partial charge in [-0.3, -0.25) is 9.59 Å². The molecule has 4 aromatic rings. The van der Waals surface area contributed by atoms with Crippen LogP contribution in [-0.2, 0) is 42.7 Å². The molecule has 0 bridgehead atoms. The van der Waals surface area contributed by atoms with Crippen molar-refractivity contribution in [1.29, 1.82) is 0 Å². The molecule has 0 fully saturated rings. The molecule has 2 aliphatic carbocycles. The van der Waals surface area contributed by atoms with Gasteiger partial charge in [0.2, 0.25) is 0 Å². The molecule has 214 valence electrons. The van der Waals surface area contributed by atoms with Crippen molar-refractivity contribution in [2.75, 3.05) is 13.2 Å². The van der Waals surface area contributed by atoms with Gasteiger partial charge in [0.1, 0.15) is 0 Å². The van der Waals surface area contributed by atoms with E-state index in [1.165, 1.54) is 44.5 Å². The van der Waals surface area contributed by atoms with Crippen LogP contribution < -0.4 is 0 Å². The number of esters is 2. The second-order valence-electron chi connectivity index (χ2n) is 12.6. The molecule has 42 heavy (non-hydrogen) atoms. The van der Waals surface area contributed by atoms with E-state index in [2.05, 4.69) is 60.7 Å². The number of benzene rings is 4. The number of hydrogen-bond acceptors (Lipinski definition) is 4. The highest BCUT2D eigenvalue weighted by atomic mass is 16.5. The summed E-state index contributed by atoms with van der Waals surface area (Å²) in [6.45, 7) is 8.35. The average Bonchev–Trinajstić information content (AvgIpc) is 3.56. The molecule has 0 aliphatic heterocycles. The van der Waals surface area contributed by atoms with E-state index in [-0.39, 0.29) is 11.9 Å². The van der Waals surface area contributed by atoms with Crippen LogP contribution in [0.25, 0.3) is 22.3 Å². The first-order chi connectivity index (χ1) is 20.2. The molecule has 0 saturated carbocycles. The zero-order chi connectivity index (χ0) is 29.5. The number of carbonyl (C=O) groups excluding carboxylic acids is 2. The Morgan fingerprint density at radius 3 is 1.36 bits per heavy atom. The quantitative estimate of drug-likeness (QED) is 0.133. The maximum Gasteiger partial charge on any atom is 0.315 e. The molecule has 0 unspecified atom stereocenters. The molecule has 4 aromatic carbocycles. The molecule has 0 atom stereocenters. The van der Waals surface area contributed by atoms with E-state index in [0.717, 1.165) is 24.0 Å². The lowest BCUT2D eigenvalue weighted by atomic mass is 9.80. The van der Waals surface area contributed by atoms with Crippen molar-refractivity contribution in [3.8, 4) is 22.3 Å². The Balaban J connectivity index is 1.01. The van der Waals surface area contributed by atoms with Crippen molar-refractivity contribution < 1.29 is 19.1 Å². The summed E-state index contributed by atoms with van der Waals surface area (Å²) in [4.78, 5) is 26.5. The third kappa shape index (κ3) is 4.83. The van der Waals surface area contributed by atoms with Gasteiger partial charge in [-0.15, -0.1) is 0 Å². The Bertz CT molecular complexity index is 1550. The summed E-state index contributed by atoms with van der Waals surface area (Å²) < 4.78 is 11.5. The van der Waals surface area contributed by atoms with Crippen LogP contribution in [0.5, 0.6) is 0 Å². The second kappa shape index (κ2) is 10.9. The number of carbonyl (C=O) groups is 2. The third-order valence-corrected chi connectivity index (χ3v) is 9.07. The molecule has 0 radical (unpaired) electrons. The lowest BCUT2D eigenvalue weighted by Crippen LogP contribution is -2.33. The second-order valence-corrected chi connectivity index (χ2v) is 12.6. The molecule has 0 N–H and O–H groups in total. The van der Waals surface area contributed by atoms with Gasteiger partial charge in [0.15, 0.2) is 0 Å². The van der Waals surface area contributed by atoms with Crippen LogP contribution in [-0.4, -0.2) is 25.2 Å². The van der Waals surface area contributed by atoms with E-state index >= 15 is 0 Å². The fourth-order valence-electron chi connectivity index (χ4n) is 6.60. The van der Waals surface area contributed by atoms with E-state index in [1.54, 1.807) is 0 Å². The van der Waals surface area contributed by atoms with Gasteiger partial charge in [0.05, 0.1) is 24.0 Å². The van der Waals surface area contributed by atoms with Crippen LogP contribution in [0.3, 0.4) is 0 Å². The number of hydrogen-bond donors (Lipinski definition) is 0. The lowest BCUT2D eigenvalue weighted by Gasteiger charge is -2.26. The lowest BCUT2D eigenvalue weighted by molar-refractivity contribution is -0.151. The topological polar surface area (TPSA) is 52.6 Å². The summed E-state index contributed by atoms with van der Waals surface area (Å²) in [5, 5.41) is 0. The maximum absolute atomic E-state index is 13.2. The van der Waals surface area contributed by atoms with Gasteiger partial charge in [-0.25, -0.2) is 0 Å². The molecule has 0 spiro atoms. The van der Waals surface area contributed by atoms with Gasteiger partial charge >= 0.3 is 11.9 Å². The summed E-state index contributed by atoms with van der Waals surface area (Å²) in [6.07, 6.45) is 2.92. The van der Waals surface area contributed by atoms with Gasteiger partial charge in [0.25, 0.3) is 0 Å². The van der Waals surface area contributed by atoms with Gasteiger partial charge in [-0.05, 0) is 109 Å². The molecule has 2 aliphatic rings. The van der Waals surface area contributed by atoms with Crippen LogP contribution in [0.2, 0.25) is 0 Å². The van der Waals surface area contributed by atoms with Crippen LogP contribution in [0, 0.1) is 0 Å². The van der Waals surface area contributed by atoms with E-state index in [0.29, 0.717) is 26.1 Å². The Labute approximate surface area is 248 Å². The zero-order valence-corrected chi connectivity index (χ0v) is 25.0. The van der Waals surface area contributed by atoms with E-state index in [4.69, 9.17) is 9.47 Å². The van der Waals surface area contributed by atoms with Crippen molar-refractivity contribution in [1.82, 2.24) is 0 Å². The van der Waals surface area contributed by atoms with E-state index in [9.17, 15) is 9.59 Å². The number of rotatable bonds is 9. The largest absolute Gasteiger partial charge is 0.465 e. The summed E-state index contributed by atoms with van der Waals surface area (Å²) in [6, 6.07) is 29.3. The van der Waals surface area contributed by atoms with Gasteiger partial charge in [-0.1, -0.05) is 84.9 Å². The van der Waals surface area contributed by atoms with Crippen molar-refractivity contribution in [2.45, 2.75) is 64.2 Å². The van der Waals surface area contributed by atoms with E-state index in [1.807, 2.05) is 52.0 Å². The van der Waals surface area contributed by atoms with Crippen molar-refractivity contribution in [2.24, 2.45) is 0 Å². The summed E-state index contributed by atoms with van der Waals surface area (Å²) >= 11 is 0. The first-order valence-corrected chi connectivity index (χ1v) is 15.0.